The first-order valence-electron chi connectivity index (χ1n) is 11.3. The number of nitrogen functional groups attached to an aromatic ring is 1. The SMILES string of the molecule is COc1cc([C@H](C)CC2CCC(c3ccnc4ccc(F)cc34)CC2)c2nc(N)sc2c1. The Kier molecular flexibility index (Phi) is 5.72. The molecule has 166 valence electrons. The average molecular weight is 450 g/mol. The maximum atomic E-state index is 13.9. The molecule has 4 aromatic rings. The van der Waals surface area contributed by atoms with Crippen molar-refractivity contribution in [2.75, 3.05) is 12.8 Å². The van der Waals surface area contributed by atoms with E-state index >= 15 is 0 Å². The molecule has 1 aliphatic carbocycles. The van der Waals surface area contributed by atoms with Crippen LogP contribution < -0.4 is 10.5 Å². The number of nitrogens with zero attached hydrogens (tertiary/aromatic N) is 2. The highest BCUT2D eigenvalue weighted by atomic mass is 32.1. The van der Waals surface area contributed by atoms with Crippen LogP contribution in [0.3, 0.4) is 0 Å². The van der Waals surface area contributed by atoms with Crippen molar-refractivity contribution in [3.8, 4) is 5.75 Å². The number of aromatic nitrogens is 2. The van der Waals surface area contributed by atoms with Crippen LogP contribution in [0.25, 0.3) is 21.1 Å². The number of ether oxygens (including phenoxy) is 1. The van der Waals surface area contributed by atoms with Gasteiger partial charge in [0, 0.05) is 11.6 Å². The van der Waals surface area contributed by atoms with Crippen molar-refractivity contribution in [3.63, 3.8) is 0 Å². The summed E-state index contributed by atoms with van der Waals surface area (Å²) in [6.07, 6.45) is 7.60. The molecule has 0 aliphatic heterocycles. The highest BCUT2D eigenvalue weighted by Gasteiger charge is 2.26. The van der Waals surface area contributed by atoms with Gasteiger partial charge in [0.15, 0.2) is 5.13 Å². The minimum absolute atomic E-state index is 0.193. The highest BCUT2D eigenvalue weighted by Crippen LogP contribution is 2.43. The number of nitrogens with two attached hydrogens (primary N) is 1. The molecule has 1 saturated carbocycles. The predicted octanol–water partition coefficient (Wildman–Crippen LogP) is 7.04. The van der Waals surface area contributed by atoms with Gasteiger partial charge < -0.3 is 10.5 Å². The maximum absolute atomic E-state index is 13.9. The molecule has 0 unspecified atom stereocenters. The number of methoxy groups -OCH3 is 1. The minimum Gasteiger partial charge on any atom is -0.497 e. The van der Waals surface area contributed by atoms with Crippen LogP contribution in [0.2, 0.25) is 0 Å². The van der Waals surface area contributed by atoms with E-state index < -0.39 is 0 Å². The first-order chi connectivity index (χ1) is 15.5. The summed E-state index contributed by atoms with van der Waals surface area (Å²) in [5, 5.41) is 1.56. The Morgan fingerprint density at radius 1 is 1.16 bits per heavy atom. The molecule has 5 rings (SSSR count). The highest BCUT2D eigenvalue weighted by molar-refractivity contribution is 7.22. The van der Waals surface area contributed by atoms with Crippen molar-refractivity contribution in [1.29, 1.82) is 0 Å². The molecule has 1 fully saturated rings. The Bertz CT molecular complexity index is 1260. The molecule has 1 aliphatic rings. The Labute approximate surface area is 191 Å². The summed E-state index contributed by atoms with van der Waals surface area (Å²) in [6.45, 7) is 2.29. The first-order valence-corrected chi connectivity index (χ1v) is 12.1. The fraction of sp³-hybridized carbons (Fsp3) is 0.385. The summed E-state index contributed by atoms with van der Waals surface area (Å²) < 4.78 is 20.5. The molecule has 2 aromatic heterocycles. The van der Waals surface area contributed by atoms with E-state index in [1.165, 1.54) is 41.4 Å². The van der Waals surface area contributed by atoms with E-state index in [0.29, 0.717) is 22.9 Å². The zero-order chi connectivity index (χ0) is 22.2. The standard InChI is InChI=1S/C26H28FN3OS/c1-15(21-13-19(31-2)14-24-25(21)30-26(28)32-24)11-16-3-5-17(6-4-16)20-9-10-29-23-8-7-18(27)12-22(20)23/h7-10,12-17H,3-6,11H2,1-2H3,(H2,28,30)/t15-,16?,17?/m1/s1. The molecule has 32 heavy (non-hydrogen) atoms. The van der Waals surface area contributed by atoms with Crippen LogP contribution in [0, 0.1) is 11.7 Å². The fourth-order valence-corrected chi connectivity index (χ4v) is 6.17. The molecule has 2 N–H and O–H groups in total. The minimum atomic E-state index is -0.193. The van der Waals surface area contributed by atoms with E-state index in [1.54, 1.807) is 19.2 Å². The Morgan fingerprint density at radius 3 is 2.75 bits per heavy atom. The molecular formula is C26H28FN3OS. The molecule has 0 radical (unpaired) electrons. The number of rotatable bonds is 5. The molecular weight excluding hydrogens is 421 g/mol. The summed E-state index contributed by atoms with van der Waals surface area (Å²) >= 11 is 1.51. The zero-order valence-electron chi connectivity index (χ0n) is 18.5. The number of pyridine rings is 1. The van der Waals surface area contributed by atoms with Crippen molar-refractivity contribution < 1.29 is 9.13 Å². The van der Waals surface area contributed by atoms with Gasteiger partial charge in [0.05, 0.1) is 22.8 Å². The number of halogens is 1. The lowest BCUT2D eigenvalue weighted by Gasteiger charge is -2.31. The molecule has 0 bridgehead atoms. The second-order valence-electron chi connectivity index (χ2n) is 9.03. The van der Waals surface area contributed by atoms with Crippen LogP contribution in [-0.2, 0) is 0 Å². The van der Waals surface area contributed by atoms with E-state index in [0.717, 1.165) is 46.1 Å². The van der Waals surface area contributed by atoms with Crippen molar-refractivity contribution in [2.24, 2.45) is 5.92 Å². The van der Waals surface area contributed by atoms with Crippen LogP contribution in [0.4, 0.5) is 9.52 Å². The molecule has 0 amide bonds. The van der Waals surface area contributed by atoms with Gasteiger partial charge in [-0.2, -0.15) is 0 Å². The van der Waals surface area contributed by atoms with Gasteiger partial charge in [-0.05, 0) is 97.4 Å². The Morgan fingerprint density at radius 2 is 1.97 bits per heavy atom. The molecule has 2 heterocycles. The van der Waals surface area contributed by atoms with Crippen molar-refractivity contribution in [2.45, 2.75) is 50.9 Å². The van der Waals surface area contributed by atoms with E-state index in [-0.39, 0.29) is 5.82 Å². The summed E-state index contributed by atoms with van der Waals surface area (Å²) in [6, 6.07) is 11.1. The van der Waals surface area contributed by atoms with E-state index in [4.69, 9.17) is 10.5 Å². The van der Waals surface area contributed by atoms with E-state index in [9.17, 15) is 4.39 Å². The summed E-state index contributed by atoms with van der Waals surface area (Å²) in [5.41, 5.74) is 10.4. The third kappa shape index (κ3) is 4.04. The smallest absolute Gasteiger partial charge is 0.181 e. The van der Waals surface area contributed by atoms with Crippen LogP contribution in [0.1, 0.15) is 62.0 Å². The number of thiazole rings is 1. The molecule has 1 atom stereocenters. The van der Waals surface area contributed by atoms with Gasteiger partial charge in [0.25, 0.3) is 0 Å². The number of benzene rings is 2. The van der Waals surface area contributed by atoms with Crippen molar-refractivity contribution in [1.82, 2.24) is 9.97 Å². The third-order valence-corrected chi connectivity index (χ3v) is 7.82. The lowest BCUT2D eigenvalue weighted by molar-refractivity contribution is 0.298. The second-order valence-corrected chi connectivity index (χ2v) is 10.1. The first kappa shape index (κ1) is 21.1. The second kappa shape index (κ2) is 8.66. The predicted molar refractivity (Wildman–Crippen MR) is 130 cm³/mol. The van der Waals surface area contributed by atoms with Crippen molar-refractivity contribution in [3.05, 3.63) is 59.5 Å². The average Bonchev–Trinajstić information content (AvgIpc) is 3.18. The van der Waals surface area contributed by atoms with E-state index in [2.05, 4.69) is 29.0 Å². The molecule has 4 nitrogen and oxygen atoms in total. The van der Waals surface area contributed by atoms with Crippen LogP contribution in [-0.4, -0.2) is 17.1 Å². The van der Waals surface area contributed by atoms with Gasteiger partial charge in [-0.15, -0.1) is 0 Å². The van der Waals surface area contributed by atoms with Crippen LogP contribution in [0.15, 0.2) is 42.6 Å². The monoisotopic (exact) mass is 449 g/mol. The number of fused-ring (bicyclic) bond motifs is 2. The summed E-state index contributed by atoms with van der Waals surface area (Å²) in [7, 11) is 1.70. The third-order valence-electron chi connectivity index (χ3n) is 6.99. The van der Waals surface area contributed by atoms with Gasteiger partial charge in [0.2, 0.25) is 0 Å². The normalized spacial score (nSPS) is 20.0. The van der Waals surface area contributed by atoms with Gasteiger partial charge in [0.1, 0.15) is 11.6 Å². The van der Waals surface area contributed by atoms with Gasteiger partial charge >= 0.3 is 0 Å². The summed E-state index contributed by atoms with van der Waals surface area (Å²) in [4.78, 5) is 9.01. The molecule has 2 aromatic carbocycles. The Hall–Kier alpha value is -2.73. The van der Waals surface area contributed by atoms with Gasteiger partial charge in [-0.3, -0.25) is 4.98 Å². The molecule has 0 spiro atoms. The van der Waals surface area contributed by atoms with E-state index in [1.807, 2.05) is 12.3 Å². The van der Waals surface area contributed by atoms with Crippen LogP contribution in [0.5, 0.6) is 5.75 Å². The molecule has 0 saturated heterocycles. The number of hydrogen-bond donors (Lipinski definition) is 1. The van der Waals surface area contributed by atoms with Gasteiger partial charge in [-0.1, -0.05) is 18.3 Å². The lowest BCUT2D eigenvalue weighted by atomic mass is 9.74. The summed E-state index contributed by atoms with van der Waals surface area (Å²) in [5.74, 6) is 2.19. The quantitative estimate of drug-likeness (QED) is 0.355. The lowest BCUT2D eigenvalue weighted by Crippen LogP contribution is -2.16. The van der Waals surface area contributed by atoms with Gasteiger partial charge in [-0.25, -0.2) is 9.37 Å². The fourth-order valence-electron chi connectivity index (χ4n) is 5.37. The van der Waals surface area contributed by atoms with Crippen molar-refractivity contribution >= 4 is 37.6 Å². The zero-order valence-corrected chi connectivity index (χ0v) is 19.3. The largest absolute Gasteiger partial charge is 0.497 e. The molecule has 6 heteroatoms. The Balaban J connectivity index is 1.31. The number of anilines is 1. The number of hydrogen-bond acceptors (Lipinski definition) is 5. The maximum Gasteiger partial charge on any atom is 0.181 e. The van der Waals surface area contributed by atoms with Crippen LogP contribution >= 0.6 is 11.3 Å². The topological polar surface area (TPSA) is 61.0 Å².